The number of benzene rings is 1. The first kappa shape index (κ1) is 20.1. The molecule has 2 heterocycles. The molecule has 1 amide bonds. The van der Waals surface area contributed by atoms with Gasteiger partial charge in [-0.25, -0.2) is 0 Å². The Kier molecular flexibility index (Phi) is 6.28. The highest BCUT2D eigenvalue weighted by molar-refractivity contribution is 5.91. The average molecular weight is 398 g/mol. The van der Waals surface area contributed by atoms with Crippen molar-refractivity contribution in [2.45, 2.75) is 33.4 Å². The number of hydrogen-bond donors (Lipinski definition) is 1. The maximum absolute atomic E-state index is 12.2. The highest BCUT2D eigenvalue weighted by atomic mass is 16.6. The van der Waals surface area contributed by atoms with Gasteiger partial charge in [0.1, 0.15) is 18.1 Å². The fourth-order valence-corrected chi connectivity index (χ4v) is 2.77. The Morgan fingerprint density at radius 1 is 1.31 bits per heavy atom. The van der Waals surface area contributed by atoms with Crippen LogP contribution in [0.25, 0.3) is 0 Å². The van der Waals surface area contributed by atoms with Gasteiger partial charge >= 0.3 is 0 Å². The molecule has 1 aromatic carbocycles. The first-order valence-corrected chi connectivity index (χ1v) is 9.16. The first-order valence-electron chi connectivity index (χ1n) is 9.16. The number of carbonyl (C=O) groups excluding carboxylic acids is 1. The highest BCUT2D eigenvalue weighted by Gasteiger charge is 2.13. The number of nitro benzene ring substituents is 1. The van der Waals surface area contributed by atoms with Crippen molar-refractivity contribution in [2.75, 3.05) is 6.54 Å². The van der Waals surface area contributed by atoms with E-state index < -0.39 is 4.92 Å². The van der Waals surface area contributed by atoms with Crippen molar-refractivity contribution >= 4 is 11.6 Å². The zero-order valence-corrected chi connectivity index (χ0v) is 16.3. The highest BCUT2D eigenvalue weighted by Crippen LogP contribution is 2.24. The number of hydrogen-bond acceptors (Lipinski definition) is 6. The molecule has 9 nitrogen and oxygen atoms in total. The minimum Gasteiger partial charge on any atom is -0.486 e. The van der Waals surface area contributed by atoms with E-state index in [0.29, 0.717) is 23.6 Å². The van der Waals surface area contributed by atoms with Crippen LogP contribution in [0.15, 0.2) is 47.1 Å². The second-order valence-corrected chi connectivity index (χ2v) is 6.65. The van der Waals surface area contributed by atoms with Crippen molar-refractivity contribution in [1.29, 1.82) is 0 Å². The van der Waals surface area contributed by atoms with Crippen LogP contribution in [0, 0.1) is 24.0 Å². The summed E-state index contributed by atoms with van der Waals surface area (Å²) in [4.78, 5) is 22.6. The van der Waals surface area contributed by atoms with Crippen LogP contribution in [0.3, 0.4) is 0 Å². The van der Waals surface area contributed by atoms with E-state index in [-0.39, 0.29) is 24.0 Å². The topological polar surface area (TPSA) is 112 Å². The molecule has 0 aliphatic heterocycles. The number of aromatic nitrogens is 2. The third-order valence-electron chi connectivity index (χ3n) is 4.24. The van der Waals surface area contributed by atoms with Crippen molar-refractivity contribution in [3.63, 3.8) is 0 Å². The molecule has 0 atom stereocenters. The maximum atomic E-state index is 12.2. The van der Waals surface area contributed by atoms with E-state index in [0.717, 1.165) is 18.5 Å². The fraction of sp³-hybridized carbons (Fsp3) is 0.300. The number of amides is 1. The Bertz CT molecular complexity index is 1010. The fourth-order valence-electron chi connectivity index (χ4n) is 2.77. The number of nitro groups is 1. The lowest BCUT2D eigenvalue weighted by Gasteiger charge is -2.06. The number of carbonyl (C=O) groups is 1. The van der Waals surface area contributed by atoms with Crippen molar-refractivity contribution in [2.24, 2.45) is 0 Å². The molecule has 3 rings (SSSR count). The lowest BCUT2D eigenvalue weighted by Crippen LogP contribution is -2.24. The first-order chi connectivity index (χ1) is 13.9. The maximum Gasteiger partial charge on any atom is 0.286 e. The molecule has 0 aliphatic rings. The van der Waals surface area contributed by atoms with E-state index in [1.807, 2.05) is 17.8 Å². The number of aryl methyl sites for hydroxylation is 3. The van der Waals surface area contributed by atoms with Crippen molar-refractivity contribution in [1.82, 2.24) is 15.1 Å². The molecule has 0 saturated heterocycles. The average Bonchev–Trinajstić information content (AvgIpc) is 3.32. The normalized spacial score (nSPS) is 10.7. The lowest BCUT2D eigenvalue weighted by molar-refractivity contribution is -0.385. The Hall–Kier alpha value is -3.62. The van der Waals surface area contributed by atoms with Crippen LogP contribution >= 0.6 is 0 Å². The van der Waals surface area contributed by atoms with Crippen LogP contribution in [0.4, 0.5) is 5.69 Å². The lowest BCUT2D eigenvalue weighted by atomic mass is 10.2. The minimum atomic E-state index is -0.438. The van der Waals surface area contributed by atoms with E-state index >= 15 is 0 Å². The smallest absolute Gasteiger partial charge is 0.286 e. The summed E-state index contributed by atoms with van der Waals surface area (Å²) in [6.45, 7) is 4.97. The van der Waals surface area contributed by atoms with Gasteiger partial charge in [-0.3, -0.25) is 19.6 Å². The van der Waals surface area contributed by atoms with Crippen LogP contribution < -0.4 is 10.1 Å². The largest absolute Gasteiger partial charge is 0.486 e. The summed E-state index contributed by atoms with van der Waals surface area (Å²) in [5.41, 5.74) is 1.65. The van der Waals surface area contributed by atoms with E-state index in [4.69, 9.17) is 9.15 Å². The van der Waals surface area contributed by atoms with E-state index in [1.165, 1.54) is 12.1 Å². The van der Waals surface area contributed by atoms with Gasteiger partial charge in [-0.05, 0) is 50.1 Å². The quantitative estimate of drug-likeness (QED) is 0.336. The van der Waals surface area contributed by atoms with Gasteiger partial charge in [-0.2, -0.15) is 5.10 Å². The molecule has 29 heavy (non-hydrogen) atoms. The van der Waals surface area contributed by atoms with Crippen molar-refractivity contribution in [3.05, 3.63) is 75.5 Å². The van der Waals surface area contributed by atoms with Crippen LogP contribution in [-0.2, 0) is 13.2 Å². The molecule has 3 aromatic rings. The molecular formula is C20H22N4O5. The van der Waals surface area contributed by atoms with Crippen molar-refractivity contribution < 1.29 is 18.9 Å². The molecule has 0 bridgehead atoms. The SMILES string of the molecule is Cc1cnn(CCCNC(=O)c2ccc(COc3ccc([N+](=O)[O-])c(C)c3)o2)c1. The van der Waals surface area contributed by atoms with Gasteiger partial charge in [-0.1, -0.05) is 0 Å². The van der Waals surface area contributed by atoms with Crippen LogP contribution in [-0.4, -0.2) is 27.2 Å². The van der Waals surface area contributed by atoms with Gasteiger partial charge in [0.25, 0.3) is 11.6 Å². The van der Waals surface area contributed by atoms with Gasteiger partial charge in [0.15, 0.2) is 5.76 Å². The summed E-state index contributed by atoms with van der Waals surface area (Å²) < 4.78 is 12.9. The summed E-state index contributed by atoms with van der Waals surface area (Å²) in [5, 5.41) is 17.9. The van der Waals surface area contributed by atoms with E-state index in [1.54, 1.807) is 31.3 Å². The molecule has 0 fully saturated rings. The molecular weight excluding hydrogens is 376 g/mol. The Morgan fingerprint density at radius 3 is 2.83 bits per heavy atom. The van der Waals surface area contributed by atoms with Crippen molar-refractivity contribution in [3.8, 4) is 5.75 Å². The van der Waals surface area contributed by atoms with Gasteiger partial charge < -0.3 is 14.5 Å². The second-order valence-electron chi connectivity index (χ2n) is 6.65. The zero-order valence-electron chi connectivity index (χ0n) is 16.3. The van der Waals surface area contributed by atoms with Gasteiger partial charge in [0.2, 0.25) is 0 Å². The molecule has 0 saturated carbocycles. The summed E-state index contributed by atoms with van der Waals surface area (Å²) in [6, 6.07) is 7.78. The predicted octanol–water partition coefficient (Wildman–Crippen LogP) is 3.40. The van der Waals surface area contributed by atoms with Gasteiger partial charge in [0.05, 0.1) is 11.1 Å². The summed E-state index contributed by atoms with van der Waals surface area (Å²) in [6.07, 6.45) is 4.50. The molecule has 0 spiro atoms. The molecule has 9 heteroatoms. The molecule has 0 aliphatic carbocycles. The number of furan rings is 1. The third-order valence-corrected chi connectivity index (χ3v) is 4.24. The molecule has 152 valence electrons. The summed E-state index contributed by atoms with van der Waals surface area (Å²) >= 11 is 0. The molecule has 0 unspecified atom stereocenters. The zero-order chi connectivity index (χ0) is 20.8. The van der Waals surface area contributed by atoms with Crippen LogP contribution in [0.5, 0.6) is 5.75 Å². The second kappa shape index (κ2) is 9.05. The summed E-state index contributed by atoms with van der Waals surface area (Å²) in [7, 11) is 0. The number of ether oxygens (including phenoxy) is 1. The standard InChI is InChI=1S/C20H22N4O5/c1-14-11-22-23(12-14)9-3-8-21-20(25)19-7-5-17(29-19)13-28-16-4-6-18(24(26)27)15(2)10-16/h4-7,10-12H,3,8-9,13H2,1-2H3,(H,21,25). The summed E-state index contributed by atoms with van der Waals surface area (Å²) in [5.74, 6) is 0.889. The van der Waals surface area contributed by atoms with Crippen LogP contribution in [0.1, 0.15) is 33.9 Å². The predicted molar refractivity (Wildman–Crippen MR) is 105 cm³/mol. The number of rotatable bonds is 9. The Labute approximate surface area is 167 Å². The third kappa shape index (κ3) is 5.44. The molecule has 0 radical (unpaired) electrons. The Balaban J connectivity index is 1.45. The van der Waals surface area contributed by atoms with E-state index in [9.17, 15) is 14.9 Å². The Morgan fingerprint density at radius 2 is 2.14 bits per heavy atom. The van der Waals surface area contributed by atoms with Gasteiger partial charge in [0, 0.05) is 30.9 Å². The molecule has 1 N–H and O–H groups in total. The van der Waals surface area contributed by atoms with E-state index in [2.05, 4.69) is 10.4 Å². The number of nitrogens with one attached hydrogen (secondary N) is 1. The van der Waals surface area contributed by atoms with Crippen LogP contribution in [0.2, 0.25) is 0 Å². The monoisotopic (exact) mass is 398 g/mol. The van der Waals surface area contributed by atoms with Gasteiger partial charge in [-0.15, -0.1) is 0 Å². The minimum absolute atomic E-state index is 0.0389. The molecule has 2 aromatic heterocycles. The number of nitrogens with zero attached hydrogens (tertiary/aromatic N) is 3.